The number of fused-ring (bicyclic) bond motifs is 1. The average Bonchev–Trinajstić information content (AvgIpc) is 3.37. The molecule has 4 heterocycles. The highest BCUT2D eigenvalue weighted by Crippen LogP contribution is 2.18. The van der Waals surface area contributed by atoms with E-state index in [0.29, 0.717) is 17.9 Å². The molecule has 1 saturated heterocycles. The first kappa shape index (κ1) is 16.2. The Morgan fingerprint density at radius 1 is 1.29 bits per heavy atom. The van der Waals surface area contributed by atoms with Gasteiger partial charge in [0.1, 0.15) is 5.65 Å². The van der Waals surface area contributed by atoms with Gasteiger partial charge in [0.05, 0.1) is 12.8 Å². The van der Waals surface area contributed by atoms with E-state index in [1.807, 2.05) is 24.5 Å². The van der Waals surface area contributed by atoms with Gasteiger partial charge in [0.15, 0.2) is 5.69 Å². The molecule has 0 spiro atoms. The van der Waals surface area contributed by atoms with Crippen LogP contribution in [0.2, 0.25) is 0 Å². The summed E-state index contributed by atoms with van der Waals surface area (Å²) in [6.45, 7) is 4.11. The molecule has 4 rings (SSSR count). The summed E-state index contributed by atoms with van der Waals surface area (Å²) < 4.78 is 11.7. The Morgan fingerprint density at radius 3 is 2.75 bits per heavy atom. The molecule has 0 aromatic carbocycles. The van der Waals surface area contributed by atoms with Crippen LogP contribution in [0.5, 0.6) is 0 Å². The molecule has 0 unspecified atom stereocenters. The van der Waals surface area contributed by atoms with Gasteiger partial charge in [0.2, 0.25) is 0 Å². The SMILES string of the molecule is C1CCOC1.CCOC(=O)c1cn2cc(-c3cn[nH]c3)ccc2n1. The number of esters is 1. The first-order valence-electron chi connectivity index (χ1n) is 8.00. The number of aromatic nitrogens is 4. The number of pyridine rings is 1. The third-order valence-electron chi connectivity index (χ3n) is 3.59. The maximum Gasteiger partial charge on any atom is 0.358 e. The molecule has 0 atom stereocenters. The van der Waals surface area contributed by atoms with Crippen LogP contribution in [-0.4, -0.2) is 45.4 Å². The Balaban J connectivity index is 0.000000290. The zero-order chi connectivity index (χ0) is 16.8. The number of nitrogens with one attached hydrogen (secondary N) is 1. The largest absolute Gasteiger partial charge is 0.461 e. The lowest BCUT2D eigenvalue weighted by Crippen LogP contribution is -2.04. The van der Waals surface area contributed by atoms with Gasteiger partial charge in [0.25, 0.3) is 0 Å². The third-order valence-corrected chi connectivity index (χ3v) is 3.59. The van der Waals surface area contributed by atoms with E-state index in [1.54, 1.807) is 23.7 Å². The smallest absolute Gasteiger partial charge is 0.358 e. The number of hydrogen-bond donors (Lipinski definition) is 1. The van der Waals surface area contributed by atoms with E-state index in [4.69, 9.17) is 9.47 Å². The molecule has 0 saturated carbocycles. The van der Waals surface area contributed by atoms with E-state index >= 15 is 0 Å². The van der Waals surface area contributed by atoms with Crippen LogP contribution in [-0.2, 0) is 9.47 Å². The summed E-state index contributed by atoms with van der Waals surface area (Å²) in [6.07, 6.45) is 9.67. The van der Waals surface area contributed by atoms with Crippen molar-refractivity contribution in [2.24, 2.45) is 0 Å². The van der Waals surface area contributed by atoms with Crippen LogP contribution in [0.3, 0.4) is 0 Å². The number of H-pyrrole nitrogens is 1. The van der Waals surface area contributed by atoms with Crippen molar-refractivity contribution in [1.29, 1.82) is 0 Å². The fourth-order valence-corrected chi connectivity index (χ4v) is 2.39. The van der Waals surface area contributed by atoms with Crippen molar-refractivity contribution in [2.75, 3.05) is 19.8 Å². The van der Waals surface area contributed by atoms with Gasteiger partial charge >= 0.3 is 5.97 Å². The van der Waals surface area contributed by atoms with Gasteiger partial charge in [-0.15, -0.1) is 0 Å². The van der Waals surface area contributed by atoms with E-state index in [9.17, 15) is 4.79 Å². The first-order valence-corrected chi connectivity index (χ1v) is 8.00. The first-order chi connectivity index (χ1) is 11.8. The minimum absolute atomic E-state index is 0.311. The Kier molecular flexibility index (Phi) is 5.22. The van der Waals surface area contributed by atoms with Gasteiger partial charge in [-0.05, 0) is 31.9 Å². The predicted octanol–water partition coefficient (Wildman–Crippen LogP) is 2.70. The van der Waals surface area contributed by atoms with Crippen molar-refractivity contribution in [2.45, 2.75) is 19.8 Å². The highest BCUT2D eigenvalue weighted by molar-refractivity contribution is 5.88. The molecule has 24 heavy (non-hydrogen) atoms. The number of imidazole rings is 1. The second-order valence-corrected chi connectivity index (χ2v) is 5.34. The molecule has 1 aliphatic rings. The molecule has 0 aliphatic carbocycles. The minimum atomic E-state index is -0.406. The normalized spacial score (nSPS) is 13.5. The lowest BCUT2D eigenvalue weighted by atomic mass is 10.2. The van der Waals surface area contributed by atoms with Gasteiger partial charge in [0, 0.05) is 42.9 Å². The quantitative estimate of drug-likeness (QED) is 0.748. The fraction of sp³-hybridized carbons (Fsp3) is 0.353. The molecule has 3 aromatic rings. The molecule has 1 aliphatic heterocycles. The number of carbonyl (C=O) groups excluding carboxylic acids is 1. The molecule has 126 valence electrons. The fourth-order valence-electron chi connectivity index (χ4n) is 2.39. The number of ether oxygens (including phenoxy) is 2. The van der Waals surface area contributed by atoms with Gasteiger partial charge in [-0.3, -0.25) is 5.10 Å². The molecule has 0 radical (unpaired) electrons. The van der Waals surface area contributed by atoms with Crippen LogP contribution < -0.4 is 0 Å². The number of hydrogen-bond acceptors (Lipinski definition) is 5. The van der Waals surface area contributed by atoms with Crippen molar-refractivity contribution in [3.05, 3.63) is 42.6 Å². The van der Waals surface area contributed by atoms with Crippen molar-refractivity contribution >= 4 is 11.6 Å². The van der Waals surface area contributed by atoms with Crippen LogP contribution in [0, 0.1) is 0 Å². The average molecular weight is 328 g/mol. The number of nitrogens with zero attached hydrogens (tertiary/aromatic N) is 3. The zero-order valence-corrected chi connectivity index (χ0v) is 13.6. The van der Waals surface area contributed by atoms with Crippen molar-refractivity contribution in [3.63, 3.8) is 0 Å². The maximum absolute atomic E-state index is 11.6. The molecule has 1 N–H and O–H groups in total. The van der Waals surface area contributed by atoms with E-state index in [2.05, 4.69) is 15.2 Å². The molecule has 3 aromatic heterocycles. The molecular weight excluding hydrogens is 308 g/mol. The summed E-state index contributed by atoms with van der Waals surface area (Å²) >= 11 is 0. The lowest BCUT2D eigenvalue weighted by molar-refractivity contribution is 0.0520. The van der Waals surface area contributed by atoms with Crippen molar-refractivity contribution in [1.82, 2.24) is 19.6 Å². The zero-order valence-electron chi connectivity index (χ0n) is 13.6. The molecular formula is C17H20N4O3. The minimum Gasteiger partial charge on any atom is -0.461 e. The van der Waals surface area contributed by atoms with E-state index in [0.717, 1.165) is 24.3 Å². The standard InChI is InChI=1S/C13H12N4O2.C4H8O/c1-2-19-13(18)11-8-17-7-9(3-4-12(17)16-11)10-5-14-15-6-10;1-2-4-5-3-1/h3-8H,2H2,1H3,(H,14,15);1-4H2. The van der Waals surface area contributed by atoms with Gasteiger partial charge in [-0.2, -0.15) is 5.10 Å². The predicted molar refractivity (Wildman–Crippen MR) is 88.8 cm³/mol. The summed E-state index contributed by atoms with van der Waals surface area (Å²) in [7, 11) is 0. The van der Waals surface area contributed by atoms with Crippen molar-refractivity contribution < 1.29 is 14.3 Å². The van der Waals surface area contributed by atoms with E-state index in [1.165, 1.54) is 12.8 Å². The van der Waals surface area contributed by atoms with Crippen molar-refractivity contribution in [3.8, 4) is 11.1 Å². The summed E-state index contributed by atoms with van der Waals surface area (Å²) in [5, 5.41) is 6.68. The van der Waals surface area contributed by atoms with Gasteiger partial charge < -0.3 is 13.9 Å². The van der Waals surface area contributed by atoms with Gasteiger partial charge in [-0.1, -0.05) is 0 Å². The van der Waals surface area contributed by atoms with E-state index in [-0.39, 0.29) is 0 Å². The lowest BCUT2D eigenvalue weighted by Gasteiger charge is -1.98. The summed E-state index contributed by atoms with van der Waals surface area (Å²) in [6, 6.07) is 3.78. The van der Waals surface area contributed by atoms with E-state index < -0.39 is 5.97 Å². The number of rotatable bonds is 3. The molecule has 7 heteroatoms. The maximum atomic E-state index is 11.6. The Bertz CT molecular complexity index is 784. The highest BCUT2D eigenvalue weighted by Gasteiger charge is 2.12. The van der Waals surface area contributed by atoms with Crippen LogP contribution in [0.4, 0.5) is 0 Å². The number of aromatic amines is 1. The second-order valence-electron chi connectivity index (χ2n) is 5.34. The third kappa shape index (κ3) is 3.80. The van der Waals surface area contributed by atoms with Crippen LogP contribution in [0.25, 0.3) is 16.8 Å². The number of carbonyl (C=O) groups is 1. The van der Waals surface area contributed by atoms with Crippen LogP contribution in [0.15, 0.2) is 36.9 Å². The Morgan fingerprint density at radius 2 is 2.12 bits per heavy atom. The Hall–Kier alpha value is -2.67. The molecule has 0 bridgehead atoms. The molecule has 7 nitrogen and oxygen atoms in total. The van der Waals surface area contributed by atoms with Crippen LogP contribution >= 0.6 is 0 Å². The monoisotopic (exact) mass is 328 g/mol. The summed E-state index contributed by atoms with van der Waals surface area (Å²) in [5.74, 6) is -0.406. The van der Waals surface area contributed by atoms with Gasteiger partial charge in [-0.25, -0.2) is 9.78 Å². The highest BCUT2D eigenvalue weighted by atomic mass is 16.5. The van der Waals surface area contributed by atoms with Crippen LogP contribution in [0.1, 0.15) is 30.3 Å². The summed E-state index contributed by atoms with van der Waals surface area (Å²) in [4.78, 5) is 15.8. The molecule has 0 amide bonds. The molecule has 1 fully saturated rings. The second kappa shape index (κ2) is 7.74. The summed E-state index contributed by atoms with van der Waals surface area (Å²) in [5.41, 5.74) is 2.99. The topological polar surface area (TPSA) is 81.5 Å². The Labute approximate surface area is 139 Å².